The monoisotopic (exact) mass is 357 g/mol. The van der Waals surface area contributed by atoms with E-state index in [1.165, 1.54) is 12.8 Å². The van der Waals surface area contributed by atoms with Gasteiger partial charge in [-0.3, -0.25) is 9.98 Å². The maximum Gasteiger partial charge on any atom is 0.139 e. The molecule has 4 heteroatoms. The fourth-order valence-corrected chi connectivity index (χ4v) is 2.21. The van der Waals surface area contributed by atoms with E-state index < -0.39 is 0 Å². The van der Waals surface area contributed by atoms with Crippen molar-refractivity contribution in [2.45, 2.75) is 47.5 Å². The van der Waals surface area contributed by atoms with E-state index in [2.05, 4.69) is 49.6 Å². The Kier molecular flexibility index (Phi) is 13.8. The minimum atomic E-state index is 0.642. The highest BCUT2D eigenvalue weighted by molar-refractivity contribution is 5.96. The van der Waals surface area contributed by atoms with Gasteiger partial charge in [0, 0.05) is 26.0 Å². The van der Waals surface area contributed by atoms with Crippen LogP contribution in [-0.2, 0) is 4.74 Å². The first-order valence-electron chi connectivity index (χ1n) is 9.31. The zero-order chi connectivity index (χ0) is 19.8. The Labute approximate surface area is 159 Å². The van der Waals surface area contributed by atoms with Crippen molar-refractivity contribution in [3.63, 3.8) is 0 Å². The van der Waals surface area contributed by atoms with Crippen molar-refractivity contribution in [2.75, 3.05) is 20.2 Å². The Hall–Kier alpha value is -2.23. The average Bonchev–Trinajstić information content (AvgIpc) is 2.66. The molecule has 0 aliphatic heterocycles. The summed E-state index contributed by atoms with van der Waals surface area (Å²) in [4.78, 5) is 12.1. The van der Waals surface area contributed by atoms with Gasteiger partial charge in [-0.1, -0.05) is 38.8 Å². The summed E-state index contributed by atoms with van der Waals surface area (Å²) in [6.45, 7) is 15.2. The lowest BCUT2D eigenvalue weighted by atomic mass is 10.0. The first kappa shape index (κ1) is 23.8. The minimum absolute atomic E-state index is 0.642. The van der Waals surface area contributed by atoms with Crippen molar-refractivity contribution in [2.24, 2.45) is 15.9 Å². The quantitative estimate of drug-likeness (QED) is 0.327. The van der Waals surface area contributed by atoms with Gasteiger partial charge in [-0.2, -0.15) is 0 Å². The summed E-state index contributed by atoms with van der Waals surface area (Å²) >= 11 is 0. The minimum Gasteiger partial charge on any atom is -0.492 e. The standard InChI is InChI=1S/C20H30N2O.C2H5N/c1-6-18(7-2)14-22-17(5)20(23-8-3)12-11-16(4)19-10-9-13-21-15-19;1-3-2/h9-13,15,18H,6-8,14H2,1-5H3;1H2,2H3/b16-11+,20-12+,22-17?;. The van der Waals surface area contributed by atoms with Crippen LogP contribution in [0.15, 0.2) is 52.4 Å². The van der Waals surface area contributed by atoms with Crippen LogP contribution >= 0.6 is 0 Å². The van der Waals surface area contributed by atoms with Gasteiger partial charge in [0.2, 0.25) is 0 Å². The zero-order valence-corrected chi connectivity index (χ0v) is 17.3. The van der Waals surface area contributed by atoms with Crippen molar-refractivity contribution < 1.29 is 4.74 Å². The molecular weight excluding hydrogens is 322 g/mol. The fraction of sp³-hybridized carbons (Fsp3) is 0.500. The highest BCUT2D eigenvalue weighted by atomic mass is 16.5. The third kappa shape index (κ3) is 9.92. The van der Waals surface area contributed by atoms with Gasteiger partial charge < -0.3 is 9.73 Å². The summed E-state index contributed by atoms with van der Waals surface area (Å²) in [5, 5.41) is 0. The Bertz CT molecular complexity index is 585. The van der Waals surface area contributed by atoms with Crippen molar-refractivity contribution >= 4 is 18.0 Å². The van der Waals surface area contributed by atoms with Gasteiger partial charge in [-0.15, -0.1) is 0 Å². The van der Waals surface area contributed by atoms with E-state index in [1.807, 2.05) is 32.2 Å². The van der Waals surface area contributed by atoms with Crippen LogP contribution in [0.5, 0.6) is 0 Å². The molecule has 0 bridgehead atoms. The summed E-state index contributed by atoms with van der Waals surface area (Å²) in [6.07, 6.45) is 10.1. The number of hydrogen-bond acceptors (Lipinski definition) is 4. The Balaban J connectivity index is 0.00000194. The first-order chi connectivity index (χ1) is 12.5. The normalized spacial score (nSPS) is 12.5. The number of hydrogen-bond donors (Lipinski definition) is 0. The molecule has 26 heavy (non-hydrogen) atoms. The molecule has 0 radical (unpaired) electrons. The van der Waals surface area contributed by atoms with Crippen LogP contribution in [0.25, 0.3) is 5.57 Å². The van der Waals surface area contributed by atoms with Crippen LogP contribution in [-0.4, -0.2) is 37.6 Å². The van der Waals surface area contributed by atoms with E-state index in [9.17, 15) is 0 Å². The Morgan fingerprint density at radius 1 is 1.23 bits per heavy atom. The van der Waals surface area contributed by atoms with E-state index in [1.54, 1.807) is 13.2 Å². The molecule has 1 heterocycles. The predicted octanol–water partition coefficient (Wildman–Crippen LogP) is 5.62. The third-order valence-electron chi connectivity index (χ3n) is 4.00. The lowest BCUT2D eigenvalue weighted by molar-refractivity contribution is 0.249. The summed E-state index contributed by atoms with van der Waals surface area (Å²) in [5.74, 6) is 1.50. The molecule has 1 aromatic rings. The zero-order valence-electron chi connectivity index (χ0n) is 17.3. The molecule has 0 atom stereocenters. The van der Waals surface area contributed by atoms with E-state index in [4.69, 9.17) is 9.73 Å². The Morgan fingerprint density at radius 2 is 1.88 bits per heavy atom. The second kappa shape index (κ2) is 15.1. The van der Waals surface area contributed by atoms with E-state index in [-0.39, 0.29) is 0 Å². The number of allylic oxidation sites excluding steroid dienone is 4. The van der Waals surface area contributed by atoms with Gasteiger partial charge in [0.25, 0.3) is 0 Å². The average molecular weight is 358 g/mol. The highest BCUT2D eigenvalue weighted by Gasteiger charge is 2.05. The van der Waals surface area contributed by atoms with Crippen LogP contribution in [0.3, 0.4) is 0 Å². The molecular formula is C22H35N3O. The third-order valence-corrected chi connectivity index (χ3v) is 4.00. The van der Waals surface area contributed by atoms with Gasteiger partial charge in [-0.25, -0.2) is 0 Å². The Morgan fingerprint density at radius 3 is 2.38 bits per heavy atom. The molecule has 144 valence electrons. The van der Waals surface area contributed by atoms with Gasteiger partial charge in [0.05, 0.1) is 12.3 Å². The largest absolute Gasteiger partial charge is 0.492 e. The predicted molar refractivity (Wildman–Crippen MR) is 115 cm³/mol. The second-order valence-corrected chi connectivity index (χ2v) is 5.98. The van der Waals surface area contributed by atoms with Crippen LogP contribution < -0.4 is 0 Å². The molecule has 0 saturated heterocycles. The van der Waals surface area contributed by atoms with Crippen LogP contribution in [0.4, 0.5) is 0 Å². The first-order valence-corrected chi connectivity index (χ1v) is 9.31. The number of aromatic nitrogens is 1. The number of pyridine rings is 1. The SMILES string of the molecule is C=NC.CCO/C(=C/C=C(\C)c1cccnc1)C(C)=NCC(CC)CC. The molecule has 0 saturated carbocycles. The molecule has 4 nitrogen and oxygen atoms in total. The molecule has 0 N–H and O–H groups in total. The maximum absolute atomic E-state index is 5.76. The lowest BCUT2D eigenvalue weighted by Crippen LogP contribution is -2.07. The van der Waals surface area contributed by atoms with Crippen molar-refractivity contribution in [1.29, 1.82) is 0 Å². The van der Waals surface area contributed by atoms with E-state index >= 15 is 0 Å². The molecule has 0 spiro atoms. The van der Waals surface area contributed by atoms with Crippen molar-refractivity contribution in [3.8, 4) is 0 Å². The second-order valence-electron chi connectivity index (χ2n) is 5.98. The molecule has 1 rings (SSSR count). The van der Waals surface area contributed by atoms with E-state index in [0.29, 0.717) is 12.5 Å². The fourth-order valence-electron chi connectivity index (χ4n) is 2.21. The number of rotatable bonds is 9. The summed E-state index contributed by atoms with van der Waals surface area (Å²) in [6, 6.07) is 4.00. The summed E-state index contributed by atoms with van der Waals surface area (Å²) in [5.41, 5.74) is 3.24. The number of aliphatic imine (C=N–C) groups is 2. The lowest BCUT2D eigenvalue weighted by Gasteiger charge is -2.11. The summed E-state index contributed by atoms with van der Waals surface area (Å²) in [7, 11) is 1.64. The maximum atomic E-state index is 5.76. The molecule has 0 unspecified atom stereocenters. The highest BCUT2D eigenvalue weighted by Crippen LogP contribution is 2.14. The van der Waals surface area contributed by atoms with Crippen LogP contribution in [0.1, 0.15) is 53.0 Å². The van der Waals surface area contributed by atoms with E-state index in [0.717, 1.165) is 29.2 Å². The van der Waals surface area contributed by atoms with Gasteiger partial charge in [0.15, 0.2) is 0 Å². The topological polar surface area (TPSA) is 46.8 Å². The van der Waals surface area contributed by atoms with Gasteiger partial charge in [0.1, 0.15) is 5.76 Å². The number of ether oxygens (including phenoxy) is 1. The molecule has 0 aliphatic carbocycles. The number of nitrogens with zero attached hydrogens (tertiary/aromatic N) is 3. The molecule has 1 aromatic heterocycles. The van der Waals surface area contributed by atoms with Crippen molar-refractivity contribution in [1.82, 2.24) is 4.98 Å². The summed E-state index contributed by atoms with van der Waals surface area (Å²) < 4.78 is 5.76. The molecule has 0 aromatic carbocycles. The van der Waals surface area contributed by atoms with Crippen LogP contribution in [0.2, 0.25) is 0 Å². The molecule has 0 amide bonds. The van der Waals surface area contributed by atoms with Crippen molar-refractivity contribution in [3.05, 3.63) is 48.0 Å². The molecule has 0 aliphatic rings. The van der Waals surface area contributed by atoms with Gasteiger partial charge >= 0.3 is 0 Å². The molecule has 0 fully saturated rings. The van der Waals surface area contributed by atoms with Gasteiger partial charge in [-0.05, 0) is 56.7 Å². The smallest absolute Gasteiger partial charge is 0.139 e. The van der Waals surface area contributed by atoms with Crippen LogP contribution in [0, 0.1) is 5.92 Å².